The fourth-order valence-electron chi connectivity index (χ4n) is 2.02. The van der Waals surface area contributed by atoms with Gasteiger partial charge in [-0.15, -0.1) is 0 Å². The van der Waals surface area contributed by atoms with Gasteiger partial charge < -0.3 is 10.1 Å². The lowest BCUT2D eigenvalue weighted by atomic mass is 10.1. The van der Waals surface area contributed by atoms with Crippen LogP contribution in [0, 0.1) is 0 Å². The SMILES string of the molecule is CCc1ccc(NCc2ccc(OC(C)C)cc2)cc1. The summed E-state index contributed by atoms with van der Waals surface area (Å²) in [6.07, 6.45) is 1.30. The van der Waals surface area contributed by atoms with E-state index in [-0.39, 0.29) is 6.10 Å². The van der Waals surface area contributed by atoms with Crippen LogP contribution in [0.3, 0.4) is 0 Å². The van der Waals surface area contributed by atoms with E-state index >= 15 is 0 Å². The van der Waals surface area contributed by atoms with Gasteiger partial charge in [0.2, 0.25) is 0 Å². The van der Waals surface area contributed by atoms with E-state index < -0.39 is 0 Å². The normalized spacial score (nSPS) is 10.6. The monoisotopic (exact) mass is 269 g/mol. The maximum absolute atomic E-state index is 5.64. The van der Waals surface area contributed by atoms with Crippen LogP contribution < -0.4 is 10.1 Å². The van der Waals surface area contributed by atoms with Gasteiger partial charge in [0.15, 0.2) is 0 Å². The molecule has 0 unspecified atom stereocenters. The fourth-order valence-corrected chi connectivity index (χ4v) is 2.02. The maximum atomic E-state index is 5.64. The number of ether oxygens (including phenoxy) is 1. The lowest BCUT2D eigenvalue weighted by Crippen LogP contribution is -2.05. The number of hydrogen-bond acceptors (Lipinski definition) is 2. The summed E-state index contributed by atoms with van der Waals surface area (Å²) in [7, 11) is 0. The highest BCUT2D eigenvalue weighted by Gasteiger charge is 1.98. The molecular formula is C18H23NO. The molecule has 0 bridgehead atoms. The van der Waals surface area contributed by atoms with Crippen molar-refractivity contribution >= 4 is 5.69 Å². The summed E-state index contributed by atoms with van der Waals surface area (Å²) < 4.78 is 5.64. The summed E-state index contributed by atoms with van der Waals surface area (Å²) in [6, 6.07) is 16.9. The molecule has 0 heterocycles. The summed E-state index contributed by atoms with van der Waals surface area (Å²) in [5.41, 5.74) is 3.77. The van der Waals surface area contributed by atoms with Crippen molar-refractivity contribution in [3.8, 4) is 5.75 Å². The van der Waals surface area contributed by atoms with E-state index in [0.717, 1.165) is 24.4 Å². The molecule has 2 nitrogen and oxygen atoms in total. The zero-order valence-electron chi connectivity index (χ0n) is 12.5. The van der Waals surface area contributed by atoms with Gasteiger partial charge in [-0.3, -0.25) is 0 Å². The molecule has 0 aliphatic heterocycles. The lowest BCUT2D eigenvalue weighted by Gasteiger charge is -2.11. The van der Waals surface area contributed by atoms with Crippen LogP contribution in [0.15, 0.2) is 48.5 Å². The van der Waals surface area contributed by atoms with Gasteiger partial charge >= 0.3 is 0 Å². The molecule has 0 spiro atoms. The Morgan fingerprint density at radius 1 is 0.900 bits per heavy atom. The highest BCUT2D eigenvalue weighted by atomic mass is 16.5. The third-order valence-electron chi connectivity index (χ3n) is 3.15. The van der Waals surface area contributed by atoms with Gasteiger partial charge in [0.05, 0.1) is 6.10 Å². The smallest absolute Gasteiger partial charge is 0.119 e. The van der Waals surface area contributed by atoms with Crippen molar-refractivity contribution < 1.29 is 4.74 Å². The minimum absolute atomic E-state index is 0.219. The molecule has 0 amide bonds. The Bertz CT molecular complexity index is 514. The molecule has 2 aromatic carbocycles. The first-order valence-corrected chi connectivity index (χ1v) is 7.26. The second-order valence-corrected chi connectivity index (χ2v) is 5.21. The molecule has 2 aromatic rings. The molecule has 2 rings (SSSR count). The number of hydrogen-bond donors (Lipinski definition) is 1. The first-order chi connectivity index (χ1) is 9.67. The van der Waals surface area contributed by atoms with Crippen molar-refractivity contribution in [1.29, 1.82) is 0 Å². The van der Waals surface area contributed by atoms with Crippen LogP contribution in [0.2, 0.25) is 0 Å². The highest BCUT2D eigenvalue weighted by Crippen LogP contribution is 2.16. The number of aryl methyl sites for hydroxylation is 1. The van der Waals surface area contributed by atoms with E-state index in [0.29, 0.717) is 0 Å². The van der Waals surface area contributed by atoms with Crippen LogP contribution in [0.25, 0.3) is 0 Å². The summed E-state index contributed by atoms with van der Waals surface area (Å²) >= 11 is 0. The quantitative estimate of drug-likeness (QED) is 0.824. The van der Waals surface area contributed by atoms with Crippen LogP contribution in [-0.4, -0.2) is 6.10 Å². The average Bonchev–Trinajstić information content (AvgIpc) is 2.46. The Labute approximate surface area is 121 Å². The van der Waals surface area contributed by atoms with Crippen LogP contribution >= 0.6 is 0 Å². The van der Waals surface area contributed by atoms with Gasteiger partial charge in [-0.1, -0.05) is 31.2 Å². The molecule has 0 aliphatic rings. The molecule has 2 heteroatoms. The predicted octanol–water partition coefficient (Wildman–Crippen LogP) is 4.65. The minimum Gasteiger partial charge on any atom is -0.491 e. The third kappa shape index (κ3) is 4.30. The van der Waals surface area contributed by atoms with Gasteiger partial charge in [0, 0.05) is 12.2 Å². The maximum Gasteiger partial charge on any atom is 0.119 e. The van der Waals surface area contributed by atoms with Crippen LogP contribution in [0.5, 0.6) is 5.75 Å². The number of anilines is 1. The van der Waals surface area contributed by atoms with Crippen molar-refractivity contribution in [2.24, 2.45) is 0 Å². The molecule has 0 saturated carbocycles. The zero-order valence-corrected chi connectivity index (χ0v) is 12.5. The molecule has 106 valence electrons. The predicted molar refractivity (Wildman–Crippen MR) is 85.4 cm³/mol. The molecule has 0 fully saturated rings. The Kier molecular flexibility index (Phi) is 5.05. The molecular weight excluding hydrogens is 246 g/mol. The van der Waals surface area contributed by atoms with E-state index in [2.05, 4.69) is 48.6 Å². The molecule has 0 saturated heterocycles. The molecule has 0 aromatic heterocycles. The largest absolute Gasteiger partial charge is 0.491 e. The standard InChI is InChI=1S/C18H23NO/c1-4-15-5-9-17(10-6-15)19-13-16-7-11-18(12-8-16)20-14(2)3/h5-12,14,19H,4,13H2,1-3H3. The van der Waals surface area contributed by atoms with Crippen LogP contribution in [0.1, 0.15) is 31.9 Å². The highest BCUT2D eigenvalue weighted by molar-refractivity contribution is 5.45. The zero-order chi connectivity index (χ0) is 14.4. The topological polar surface area (TPSA) is 21.3 Å². The Balaban J connectivity index is 1.89. The van der Waals surface area contributed by atoms with E-state index in [1.54, 1.807) is 0 Å². The average molecular weight is 269 g/mol. The van der Waals surface area contributed by atoms with Crippen molar-refractivity contribution in [1.82, 2.24) is 0 Å². The van der Waals surface area contributed by atoms with Crippen molar-refractivity contribution in [3.63, 3.8) is 0 Å². The number of benzene rings is 2. The van der Waals surface area contributed by atoms with E-state index in [9.17, 15) is 0 Å². The number of rotatable bonds is 6. The van der Waals surface area contributed by atoms with Gasteiger partial charge in [-0.2, -0.15) is 0 Å². The first kappa shape index (κ1) is 14.4. The van der Waals surface area contributed by atoms with Gasteiger partial charge in [0.1, 0.15) is 5.75 Å². The number of nitrogens with one attached hydrogen (secondary N) is 1. The van der Waals surface area contributed by atoms with Crippen molar-refractivity contribution in [2.75, 3.05) is 5.32 Å². The molecule has 0 radical (unpaired) electrons. The molecule has 20 heavy (non-hydrogen) atoms. The summed E-state index contributed by atoms with van der Waals surface area (Å²) in [5, 5.41) is 3.43. The Morgan fingerprint density at radius 2 is 1.50 bits per heavy atom. The summed E-state index contributed by atoms with van der Waals surface area (Å²) in [4.78, 5) is 0. The molecule has 1 N–H and O–H groups in total. The van der Waals surface area contributed by atoms with E-state index in [1.807, 2.05) is 26.0 Å². The lowest BCUT2D eigenvalue weighted by molar-refractivity contribution is 0.242. The van der Waals surface area contributed by atoms with Crippen molar-refractivity contribution in [2.45, 2.75) is 39.8 Å². The van der Waals surface area contributed by atoms with Gasteiger partial charge in [-0.05, 0) is 55.7 Å². The Morgan fingerprint density at radius 3 is 2.05 bits per heavy atom. The van der Waals surface area contributed by atoms with Gasteiger partial charge in [0.25, 0.3) is 0 Å². The minimum atomic E-state index is 0.219. The van der Waals surface area contributed by atoms with Crippen molar-refractivity contribution in [3.05, 3.63) is 59.7 Å². The summed E-state index contributed by atoms with van der Waals surface area (Å²) in [5.74, 6) is 0.927. The molecule has 0 atom stereocenters. The van der Waals surface area contributed by atoms with E-state index in [4.69, 9.17) is 4.74 Å². The Hall–Kier alpha value is -1.96. The second kappa shape index (κ2) is 6.99. The third-order valence-corrected chi connectivity index (χ3v) is 3.15. The van der Waals surface area contributed by atoms with Crippen LogP contribution in [-0.2, 0) is 13.0 Å². The molecule has 0 aliphatic carbocycles. The van der Waals surface area contributed by atoms with E-state index in [1.165, 1.54) is 11.1 Å². The van der Waals surface area contributed by atoms with Crippen LogP contribution in [0.4, 0.5) is 5.69 Å². The van der Waals surface area contributed by atoms with Gasteiger partial charge in [-0.25, -0.2) is 0 Å². The second-order valence-electron chi connectivity index (χ2n) is 5.21. The first-order valence-electron chi connectivity index (χ1n) is 7.26. The summed E-state index contributed by atoms with van der Waals surface area (Å²) in [6.45, 7) is 7.07. The fraction of sp³-hybridized carbons (Fsp3) is 0.333.